The maximum absolute atomic E-state index is 11.3. The molecule has 20 heavy (non-hydrogen) atoms. The molecule has 0 radical (unpaired) electrons. The number of furan rings is 1. The maximum atomic E-state index is 11.3. The molecular weight excluding hydrogens is 256 g/mol. The van der Waals surface area contributed by atoms with Gasteiger partial charge in [-0.3, -0.25) is 10.2 Å². The smallest absolute Gasteiger partial charge is 0.300 e. The number of nitrogens with one attached hydrogen (secondary N) is 1. The van der Waals surface area contributed by atoms with Crippen LogP contribution in [0.15, 0.2) is 40.8 Å². The summed E-state index contributed by atoms with van der Waals surface area (Å²) in [5, 5.41) is 0. The second kappa shape index (κ2) is 6.25. The van der Waals surface area contributed by atoms with Crippen LogP contribution in [0.25, 0.3) is 0 Å². The van der Waals surface area contributed by atoms with Gasteiger partial charge in [0.05, 0.1) is 0 Å². The van der Waals surface area contributed by atoms with E-state index in [0.29, 0.717) is 11.7 Å². The molecule has 1 heterocycles. The number of amides is 1. The van der Waals surface area contributed by atoms with Gasteiger partial charge in [-0.1, -0.05) is 32.0 Å². The Balaban J connectivity index is 2.06. The third kappa shape index (κ3) is 3.19. The highest BCUT2D eigenvalue weighted by Crippen LogP contribution is 2.26. The highest BCUT2D eigenvalue weighted by atomic mass is 16.5. The average molecular weight is 274 g/mol. The Labute approximate surface area is 117 Å². The highest BCUT2D eigenvalue weighted by molar-refractivity contribution is 5.90. The molecule has 5 nitrogen and oxygen atoms in total. The minimum Gasteiger partial charge on any atom is -0.485 e. The molecule has 0 aliphatic heterocycles. The maximum Gasteiger partial charge on any atom is 0.300 e. The summed E-state index contributed by atoms with van der Waals surface area (Å²) in [5.41, 5.74) is 3.16. The Bertz CT molecular complexity index is 590. The largest absolute Gasteiger partial charge is 0.485 e. The third-order valence-electron chi connectivity index (χ3n) is 2.93. The Morgan fingerprint density at radius 3 is 2.75 bits per heavy atom. The molecule has 5 heteroatoms. The van der Waals surface area contributed by atoms with Gasteiger partial charge in [-0.2, -0.15) is 0 Å². The molecule has 0 spiro atoms. The van der Waals surface area contributed by atoms with Gasteiger partial charge in [0.25, 0.3) is 0 Å². The zero-order valence-electron chi connectivity index (χ0n) is 11.6. The predicted octanol–water partition coefficient (Wildman–Crippen LogP) is 2.59. The Morgan fingerprint density at radius 2 is 2.05 bits per heavy atom. The fourth-order valence-electron chi connectivity index (χ4n) is 1.89. The molecule has 0 atom stereocenters. The first kappa shape index (κ1) is 14.1. The van der Waals surface area contributed by atoms with Crippen molar-refractivity contribution in [1.29, 1.82) is 0 Å². The topological polar surface area (TPSA) is 77.5 Å². The van der Waals surface area contributed by atoms with Crippen molar-refractivity contribution in [3.8, 4) is 5.75 Å². The summed E-state index contributed by atoms with van der Waals surface area (Å²) in [6, 6.07) is 11.1. The van der Waals surface area contributed by atoms with Crippen LogP contribution in [0.4, 0.5) is 0 Å². The fourth-order valence-corrected chi connectivity index (χ4v) is 1.89. The van der Waals surface area contributed by atoms with Gasteiger partial charge >= 0.3 is 5.91 Å². The van der Waals surface area contributed by atoms with E-state index < -0.39 is 5.91 Å². The lowest BCUT2D eigenvalue weighted by Crippen LogP contribution is -2.29. The number of hydrogen-bond acceptors (Lipinski definition) is 4. The summed E-state index contributed by atoms with van der Waals surface area (Å²) in [4.78, 5) is 11.3. The summed E-state index contributed by atoms with van der Waals surface area (Å²) in [5.74, 6) is 6.52. The van der Waals surface area contributed by atoms with E-state index >= 15 is 0 Å². The number of para-hydroxylation sites is 1. The van der Waals surface area contributed by atoms with E-state index in [1.54, 1.807) is 12.1 Å². The number of carbonyl (C=O) groups is 1. The Hall–Kier alpha value is -2.27. The van der Waals surface area contributed by atoms with Crippen molar-refractivity contribution in [2.75, 3.05) is 0 Å². The molecule has 2 aromatic rings. The third-order valence-corrected chi connectivity index (χ3v) is 2.93. The van der Waals surface area contributed by atoms with Crippen molar-refractivity contribution in [2.45, 2.75) is 26.4 Å². The van der Waals surface area contributed by atoms with E-state index in [-0.39, 0.29) is 12.4 Å². The summed E-state index contributed by atoms with van der Waals surface area (Å²) >= 11 is 0. The quantitative estimate of drug-likeness (QED) is 0.499. The van der Waals surface area contributed by atoms with Crippen molar-refractivity contribution < 1.29 is 13.9 Å². The first-order valence-electron chi connectivity index (χ1n) is 6.43. The van der Waals surface area contributed by atoms with Crippen LogP contribution in [-0.2, 0) is 6.61 Å². The molecule has 0 bridgehead atoms. The van der Waals surface area contributed by atoms with Crippen LogP contribution in [-0.4, -0.2) is 5.91 Å². The molecule has 0 aliphatic carbocycles. The van der Waals surface area contributed by atoms with Crippen LogP contribution >= 0.6 is 0 Å². The van der Waals surface area contributed by atoms with Crippen molar-refractivity contribution in [1.82, 2.24) is 5.43 Å². The van der Waals surface area contributed by atoms with E-state index in [2.05, 4.69) is 13.8 Å². The van der Waals surface area contributed by atoms with Gasteiger partial charge in [-0.15, -0.1) is 0 Å². The molecule has 0 unspecified atom stereocenters. The SMILES string of the molecule is CC(C)c1ccccc1OCc1ccc(C(=O)NN)o1. The average Bonchev–Trinajstić information content (AvgIpc) is 2.93. The minimum absolute atomic E-state index is 0.170. The van der Waals surface area contributed by atoms with Gasteiger partial charge in [-0.25, -0.2) is 5.84 Å². The molecule has 0 saturated heterocycles. The molecule has 3 N–H and O–H groups in total. The predicted molar refractivity (Wildman–Crippen MR) is 75.2 cm³/mol. The standard InChI is InChI=1S/C15H18N2O3/c1-10(2)12-5-3-4-6-13(12)19-9-11-7-8-14(20-11)15(18)17-16/h3-8,10H,9,16H2,1-2H3,(H,17,18). The van der Waals surface area contributed by atoms with E-state index in [4.69, 9.17) is 15.0 Å². The Morgan fingerprint density at radius 1 is 1.30 bits per heavy atom. The van der Waals surface area contributed by atoms with Crippen LogP contribution in [0, 0.1) is 0 Å². The minimum atomic E-state index is -0.459. The molecule has 2 rings (SSSR count). The number of carbonyl (C=O) groups excluding carboxylic acids is 1. The van der Waals surface area contributed by atoms with Crippen LogP contribution in [0.5, 0.6) is 5.75 Å². The molecule has 106 valence electrons. The molecule has 0 fully saturated rings. The van der Waals surface area contributed by atoms with Crippen molar-refractivity contribution in [2.24, 2.45) is 5.84 Å². The van der Waals surface area contributed by atoms with Crippen LogP contribution in [0.3, 0.4) is 0 Å². The molecule has 1 aromatic heterocycles. The lowest BCUT2D eigenvalue weighted by atomic mass is 10.0. The molecule has 0 aliphatic rings. The van der Waals surface area contributed by atoms with Crippen molar-refractivity contribution in [3.05, 3.63) is 53.5 Å². The highest BCUT2D eigenvalue weighted by Gasteiger charge is 2.11. The van der Waals surface area contributed by atoms with Crippen molar-refractivity contribution >= 4 is 5.91 Å². The molecule has 1 aromatic carbocycles. The summed E-state index contributed by atoms with van der Waals surface area (Å²) in [6.07, 6.45) is 0. The normalized spacial score (nSPS) is 10.6. The first-order chi connectivity index (χ1) is 9.61. The van der Waals surface area contributed by atoms with Gasteiger partial charge in [0.15, 0.2) is 5.76 Å². The number of rotatable bonds is 5. The van der Waals surface area contributed by atoms with Gasteiger partial charge in [0, 0.05) is 0 Å². The number of nitrogens with two attached hydrogens (primary N) is 1. The van der Waals surface area contributed by atoms with Gasteiger partial charge < -0.3 is 9.15 Å². The van der Waals surface area contributed by atoms with Crippen LogP contribution in [0.1, 0.15) is 41.6 Å². The van der Waals surface area contributed by atoms with E-state index in [9.17, 15) is 4.79 Å². The molecule has 1 amide bonds. The van der Waals surface area contributed by atoms with E-state index in [0.717, 1.165) is 11.3 Å². The summed E-state index contributed by atoms with van der Waals surface area (Å²) < 4.78 is 11.1. The number of nitrogen functional groups attached to an aromatic ring is 1. The zero-order valence-corrected chi connectivity index (χ0v) is 11.6. The van der Waals surface area contributed by atoms with Crippen molar-refractivity contribution in [3.63, 3.8) is 0 Å². The monoisotopic (exact) mass is 274 g/mol. The first-order valence-corrected chi connectivity index (χ1v) is 6.43. The summed E-state index contributed by atoms with van der Waals surface area (Å²) in [6.45, 7) is 4.49. The fraction of sp³-hybridized carbons (Fsp3) is 0.267. The number of ether oxygens (including phenoxy) is 1. The van der Waals surface area contributed by atoms with Gasteiger partial charge in [-0.05, 0) is 29.7 Å². The Kier molecular flexibility index (Phi) is 4.42. The van der Waals surface area contributed by atoms with Gasteiger partial charge in [0.1, 0.15) is 18.1 Å². The number of benzene rings is 1. The lowest BCUT2D eigenvalue weighted by molar-refractivity contribution is 0.0922. The van der Waals surface area contributed by atoms with E-state index in [1.807, 2.05) is 29.7 Å². The second-order valence-corrected chi connectivity index (χ2v) is 4.72. The van der Waals surface area contributed by atoms with Gasteiger partial charge in [0.2, 0.25) is 0 Å². The van der Waals surface area contributed by atoms with Crippen LogP contribution in [0.2, 0.25) is 0 Å². The second-order valence-electron chi connectivity index (χ2n) is 4.72. The zero-order chi connectivity index (χ0) is 14.5. The summed E-state index contributed by atoms with van der Waals surface area (Å²) in [7, 11) is 0. The van der Waals surface area contributed by atoms with Crippen LogP contribution < -0.4 is 16.0 Å². The number of hydrogen-bond donors (Lipinski definition) is 2. The lowest BCUT2D eigenvalue weighted by Gasteiger charge is -2.12. The molecule has 0 saturated carbocycles. The molecular formula is C15H18N2O3. The number of hydrazine groups is 1. The van der Waals surface area contributed by atoms with E-state index in [1.165, 1.54) is 0 Å².